The molecule has 32 heavy (non-hydrogen) atoms. The van der Waals surface area contributed by atoms with Gasteiger partial charge in [-0.15, -0.1) is 0 Å². The summed E-state index contributed by atoms with van der Waals surface area (Å²) in [6.45, 7) is 4.51. The van der Waals surface area contributed by atoms with Gasteiger partial charge in [-0.25, -0.2) is 4.79 Å². The normalized spacial score (nSPS) is 13.3. The number of aromatic amines is 1. The Kier molecular flexibility index (Phi) is 5.51. The minimum Gasteiger partial charge on any atom is -0.319 e. The maximum Gasteiger partial charge on any atom is 0.322 e. The summed E-state index contributed by atoms with van der Waals surface area (Å²) in [7, 11) is 0. The molecule has 8 heteroatoms. The molecule has 0 bridgehead atoms. The zero-order chi connectivity index (χ0) is 22.1. The zero-order valence-corrected chi connectivity index (χ0v) is 18.4. The second-order valence-corrected chi connectivity index (χ2v) is 8.41. The van der Waals surface area contributed by atoms with Crippen molar-refractivity contribution in [2.75, 3.05) is 18.4 Å². The molecule has 1 aliphatic heterocycles. The number of rotatable bonds is 6. The number of urea groups is 1. The lowest BCUT2D eigenvalue weighted by molar-refractivity contribution is 0.206. The van der Waals surface area contributed by atoms with Gasteiger partial charge in [0.1, 0.15) is 5.69 Å². The monoisotopic (exact) mass is 446 g/mol. The van der Waals surface area contributed by atoms with Crippen LogP contribution >= 0.6 is 11.6 Å². The minimum atomic E-state index is -0.0918. The summed E-state index contributed by atoms with van der Waals surface area (Å²) in [5.74, 6) is 0. The summed E-state index contributed by atoms with van der Waals surface area (Å²) in [6, 6.07) is 15.7. The number of nitrogens with one attached hydrogen (secondary N) is 3. The highest BCUT2D eigenvalue weighted by molar-refractivity contribution is 6.30. The van der Waals surface area contributed by atoms with E-state index in [0.717, 1.165) is 49.7 Å². The van der Waals surface area contributed by atoms with Gasteiger partial charge in [0.2, 0.25) is 0 Å². The van der Waals surface area contributed by atoms with Gasteiger partial charge >= 0.3 is 6.03 Å². The van der Waals surface area contributed by atoms with Crippen molar-refractivity contribution in [2.45, 2.75) is 20.0 Å². The standard InChI is InChI=1S/C24H23ClN6O/c1-15-9-17(5-6-27-15)23-20-11-18-14-31(24(32)28-21(18)12-22(20)29-30-23)8-7-26-13-16-3-2-4-19(25)10-16/h2-6,9-12,26H,7-8,13-14H2,1H3,(H,28,32)(H,29,30). The molecule has 2 aromatic heterocycles. The number of fused-ring (bicyclic) bond motifs is 2. The van der Waals surface area contributed by atoms with E-state index in [2.05, 4.69) is 31.9 Å². The molecule has 4 aromatic rings. The van der Waals surface area contributed by atoms with E-state index >= 15 is 0 Å². The van der Waals surface area contributed by atoms with E-state index in [1.165, 1.54) is 0 Å². The Morgan fingerprint density at radius 3 is 2.94 bits per heavy atom. The summed E-state index contributed by atoms with van der Waals surface area (Å²) >= 11 is 6.04. The highest BCUT2D eigenvalue weighted by atomic mass is 35.5. The summed E-state index contributed by atoms with van der Waals surface area (Å²) in [5, 5.41) is 15.8. The van der Waals surface area contributed by atoms with Gasteiger partial charge in [-0.1, -0.05) is 23.7 Å². The van der Waals surface area contributed by atoms with Crippen molar-refractivity contribution < 1.29 is 4.79 Å². The van der Waals surface area contributed by atoms with Crippen molar-refractivity contribution in [3.05, 3.63) is 76.6 Å². The van der Waals surface area contributed by atoms with Crippen LogP contribution in [0.2, 0.25) is 5.02 Å². The maximum absolute atomic E-state index is 12.6. The van der Waals surface area contributed by atoms with E-state index in [1.54, 1.807) is 6.20 Å². The van der Waals surface area contributed by atoms with E-state index in [-0.39, 0.29) is 6.03 Å². The Labute approximate surface area is 190 Å². The molecule has 2 aromatic carbocycles. The SMILES string of the molecule is Cc1cc(-c2n[nH]c3cc4c(cc23)CN(CCNCc2cccc(Cl)c2)C(=O)N4)ccn1. The van der Waals surface area contributed by atoms with Crippen LogP contribution in [-0.2, 0) is 13.1 Å². The van der Waals surface area contributed by atoms with Gasteiger partial charge in [0.15, 0.2) is 0 Å². The highest BCUT2D eigenvalue weighted by Gasteiger charge is 2.23. The molecular weight excluding hydrogens is 424 g/mol. The molecule has 0 atom stereocenters. The van der Waals surface area contributed by atoms with Gasteiger partial charge in [0.05, 0.1) is 5.52 Å². The van der Waals surface area contributed by atoms with Crippen molar-refractivity contribution in [3.8, 4) is 11.3 Å². The quantitative estimate of drug-likeness (QED) is 0.374. The summed E-state index contributed by atoms with van der Waals surface area (Å²) < 4.78 is 0. The van der Waals surface area contributed by atoms with Gasteiger partial charge in [-0.3, -0.25) is 10.1 Å². The molecule has 2 amide bonds. The molecule has 0 aliphatic carbocycles. The Bertz CT molecular complexity index is 1300. The average Bonchev–Trinajstić information content (AvgIpc) is 3.18. The van der Waals surface area contributed by atoms with Crippen LogP contribution in [-0.4, -0.2) is 39.2 Å². The molecule has 1 aliphatic rings. The molecule has 3 N–H and O–H groups in total. The van der Waals surface area contributed by atoms with Crippen LogP contribution in [0.4, 0.5) is 10.5 Å². The number of anilines is 1. The number of hydrogen-bond donors (Lipinski definition) is 3. The number of aryl methyl sites for hydroxylation is 1. The molecule has 162 valence electrons. The first kappa shape index (κ1) is 20.5. The zero-order valence-electron chi connectivity index (χ0n) is 17.7. The lowest BCUT2D eigenvalue weighted by Crippen LogP contribution is -2.42. The van der Waals surface area contributed by atoms with Gasteiger partial charge in [-0.05, 0) is 54.4 Å². The first-order chi connectivity index (χ1) is 15.6. The van der Waals surface area contributed by atoms with Crippen LogP contribution in [0.5, 0.6) is 0 Å². The molecule has 7 nitrogen and oxygen atoms in total. The van der Waals surface area contributed by atoms with Gasteiger partial charge in [0.25, 0.3) is 0 Å². The number of nitrogens with zero attached hydrogens (tertiary/aromatic N) is 3. The number of pyridine rings is 1. The number of hydrogen-bond acceptors (Lipinski definition) is 4. The maximum atomic E-state index is 12.6. The first-order valence-electron chi connectivity index (χ1n) is 10.5. The molecule has 0 spiro atoms. The van der Waals surface area contributed by atoms with Crippen LogP contribution < -0.4 is 10.6 Å². The van der Waals surface area contributed by atoms with Crippen LogP contribution in [0.15, 0.2) is 54.7 Å². The van der Waals surface area contributed by atoms with E-state index in [4.69, 9.17) is 11.6 Å². The van der Waals surface area contributed by atoms with E-state index < -0.39 is 0 Å². The number of amides is 2. The van der Waals surface area contributed by atoms with Crippen molar-refractivity contribution in [2.24, 2.45) is 0 Å². The van der Waals surface area contributed by atoms with Crippen molar-refractivity contribution in [3.63, 3.8) is 0 Å². The third-order valence-electron chi connectivity index (χ3n) is 5.62. The van der Waals surface area contributed by atoms with Gasteiger partial charge < -0.3 is 15.5 Å². The molecule has 3 heterocycles. The Morgan fingerprint density at radius 1 is 1.19 bits per heavy atom. The van der Waals surface area contributed by atoms with Crippen molar-refractivity contribution >= 4 is 34.2 Å². The van der Waals surface area contributed by atoms with Gasteiger partial charge in [-0.2, -0.15) is 5.10 Å². The van der Waals surface area contributed by atoms with Crippen LogP contribution in [0.1, 0.15) is 16.8 Å². The second-order valence-electron chi connectivity index (χ2n) is 7.97. The lowest BCUT2D eigenvalue weighted by Gasteiger charge is -2.29. The highest BCUT2D eigenvalue weighted by Crippen LogP contribution is 2.33. The van der Waals surface area contributed by atoms with Gasteiger partial charge in [0, 0.05) is 59.7 Å². The minimum absolute atomic E-state index is 0.0918. The fraction of sp³-hybridized carbons (Fsp3) is 0.208. The van der Waals surface area contributed by atoms with Crippen molar-refractivity contribution in [1.82, 2.24) is 25.4 Å². The molecular formula is C24H23ClN6O. The predicted octanol–water partition coefficient (Wildman–Crippen LogP) is 4.72. The summed E-state index contributed by atoms with van der Waals surface area (Å²) in [6.07, 6.45) is 1.79. The Morgan fingerprint density at radius 2 is 2.09 bits per heavy atom. The smallest absolute Gasteiger partial charge is 0.319 e. The Hall–Kier alpha value is -3.42. The van der Waals surface area contributed by atoms with Crippen LogP contribution in [0.3, 0.4) is 0 Å². The largest absolute Gasteiger partial charge is 0.322 e. The number of carbonyl (C=O) groups is 1. The molecule has 0 fully saturated rings. The fourth-order valence-corrected chi connectivity index (χ4v) is 4.23. The summed E-state index contributed by atoms with van der Waals surface area (Å²) in [4.78, 5) is 18.7. The molecule has 0 saturated heterocycles. The fourth-order valence-electron chi connectivity index (χ4n) is 4.02. The Balaban J connectivity index is 1.30. The number of H-pyrrole nitrogens is 1. The van der Waals surface area contributed by atoms with Crippen LogP contribution in [0, 0.1) is 6.92 Å². The van der Waals surface area contributed by atoms with E-state index in [1.807, 2.05) is 54.3 Å². The first-order valence-corrected chi connectivity index (χ1v) is 10.9. The van der Waals surface area contributed by atoms with Crippen LogP contribution in [0.25, 0.3) is 22.2 Å². The van der Waals surface area contributed by atoms with E-state index in [9.17, 15) is 4.79 Å². The number of halogens is 1. The summed E-state index contributed by atoms with van der Waals surface area (Å²) in [5.41, 5.74) is 6.76. The number of benzene rings is 2. The molecule has 0 radical (unpaired) electrons. The number of aromatic nitrogens is 3. The second kappa shape index (κ2) is 8.61. The molecule has 0 saturated carbocycles. The third kappa shape index (κ3) is 4.17. The molecule has 5 rings (SSSR count). The topological polar surface area (TPSA) is 85.9 Å². The average molecular weight is 447 g/mol. The lowest BCUT2D eigenvalue weighted by atomic mass is 10.0. The number of carbonyl (C=O) groups excluding carboxylic acids is 1. The third-order valence-corrected chi connectivity index (χ3v) is 5.86. The van der Waals surface area contributed by atoms with Crippen molar-refractivity contribution in [1.29, 1.82) is 0 Å². The molecule has 0 unspecified atom stereocenters. The predicted molar refractivity (Wildman–Crippen MR) is 127 cm³/mol. The van der Waals surface area contributed by atoms with E-state index in [0.29, 0.717) is 26.2 Å².